The van der Waals surface area contributed by atoms with E-state index in [-0.39, 0.29) is 0 Å². The van der Waals surface area contributed by atoms with Crippen molar-refractivity contribution < 1.29 is 0 Å². The van der Waals surface area contributed by atoms with Crippen molar-refractivity contribution in [2.45, 2.75) is 38.3 Å². The lowest BCUT2D eigenvalue weighted by Gasteiger charge is -2.37. The van der Waals surface area contributed by atoms with E-state index in [4.69, 9.17) is 0 Å². The van der Waals surface area contributed by atoms with Crippen molar-refractivity contribution in [2.75, 3.05) is 19.6 Å². The lowest BCUT2D eigenvalue weighted by molar-refractivity contribution is 0.145. The van der Waals surface area contributed by atoms with Gasteiger partial charge in [-0.2, -0.15) is 0 Å². The minimum absolute atomic E-state index is 0.677. The molecule has 0 aromatic carbocycles. The molecule has 0 amide bonds. The van der Waals surface area contributed by atoms with Gasteiger partial charge in [0, 0.05) is 31.7 Å². The fraction of sp³-hybridized carbons (Fsp3) is 0.833. The third kappa shape index (κ3) is 2.37. The summed E-state index contributed by atoms with van der Waals surface area (Å²) in [5.41, 5.74) is 0. The van der Waals surface area contributed by atoms with Crippen LogP contribution in [0.4, 0.5) is 0 Å². The van der Waals surface area contributed by atoms with E-state index in [1.54, 1.807) is 0 Å². The van der Waals surface area contributed by atoms with Gasteiger partial charge < -0.3 is 5.32 Å². The van der Waals surface area contributed by atoms with Crippen LogP contribution < -0.4 is 5.32 Å². The van der Waals surface area contributed by atoms with Crippen molar-refractivity contribution in [3.8, 4) is 0 Å². The monoisotopic (exact) mass is 194 g/mol. The zero-order valence-electron chi connectivity index (χ0n) is 9.21. The van der Waals surface area contributed by atoms with E-state index in [0.717, 1.165) is 18.4 Å². The number of nitrogens with one attached hydrogen (secondary N) is 1. The van der Waals surface area contributed by atoms with Crippen LogP contribution in [0.1, 0.15) is 26.2 Å². The highest BCUT2D eigenvalue weighted by molar-refractivity contribution is 4.92. The normalized spacial score (nSPS) is 31.4. The summed E-state index contributed by atoms with van der Waals surface area (Å²) < 4.78 is 0. The van der Waals surface area contributed by atoms with Crippen LogP contribution >= 0.6 is 0 Å². The van der Waals surface area contributed by atoms with Crippen LogP contribution in [-0.4, -0.2) is 36.6 Å². The molecular weight excluding hydrogens is 172 g/mol. The number of nitrogens with zero attached hydrogens (tertiary/aromatic N) is 1. The van der Waals surface area contributed by atoms with Crippen molar-refractivity contribution >= 4 is 0 Å². The molecule has 2 rings (SSSR count). The summed E-state index contributed by atoms with van der Waals surface area (Å²) in [6.45, 7) is 9.76. The molecule has 1 saturated heterocycles. The molecule has 1 aliphatic heterocycles. The van der Waals surface area contributed by atoms with Crippen LogP contribution in [0.5, 0.6) is 0 Å². The average molecular weight is 194 g/mol. The van der Waals surface area contributed by atoms with E-state index in [1.807, 2.05) is 6.08 Å². The third-order valence-electron chi connectivity index (χ3n) is 3.56. The predicted octanol–water partition coefficient (Wildman–Crippen LogP) is 1.63. The summed E-state index contributed by atoms with van der Waals surface area (Å²) in [6, 6.07) is 1.45. The second-order valence-corrected chi connectivity index (χ2v) is 4.77. The molecule has 0 radical (unpaired) electrons. The Hall–Kier alpha value is -0.340. The van der Waals surface area contributed by atoms with Crippen LogP contribution in [0.15, 0.2) is 12.7 Å². The van der Waals surface area contributed by atoms with E-state index in [1.165, 1.54) is 32.5 Å². The molecule has 14 heavy (non-hydrogen) atoms. The highest BCUT2D eigenvalue weighted by atomic mass is 15.2. The fourth-order valence-corrected chi connectivity index (χ4v) is 2.41. The van der Waals surface area contributed by atoms with Gasteiger partial charge in [0.05, 0.1) is 0 Å². The van der Waals surface area contributed by atoms with Gasteiger partial charge in [-0.1, -0.05) is 6.08 Å². The Balaban J connectivity index is 1.82. The Morgan fingerprint density at radius 2 is 2.36 bits per heavy atom. The topological polar surface area (TPSA) is 15.3 Å². The number of piperazine rings is 1. The first kappa shape index (κ1) is 10.2. The Labute approximate surface area is 87.4 Å². The Morgan fingerprint density at radius 3 is 3.00 bits per heavy atom. The van der Waals surface area contributed by atoms with E-state index in [2.05, 4.69) is 23.7 Å². The molecule has 1 N–H and O–H groups in total. The zero-order valence-corrected chi connectivity index (χ0v) is 9.21. The molecule has 0 aromatic heterocycles. The van der Waals surface area contributed by atoms with E-state index in [0.29, 0.717) is 6.04 Å². The SMILES string of the molecule is C=CCC(C)N1CCNC(C2CC2)C1. The number of rotatable bonds is 4. The van der Waals surface area contributed by atoms with E-state index < -0.39 is 0 Å². The van der Waals surface area contributed by atoms with Gasteiger partial charge in [-0.15, -0.1) is 6.58 Å². The molecule has 0 spiro atoms. The molecule has 2 fully saturated rings. The van der Waals surface area contributed by atoms with Crippen LogP contribution in [0.2, 0.25) is 0 Å². The van der Waals surface area contributed by atoms with Gasteiger partial charge in [0.25, 0.3) is 0 Å². The molecule has 2 unspecified atom stereocenters. The molecule has 0 aromatic rings. The molecular formula is C12H22N2. The molecule has 80 valence electrons. The summed E-state index contributed by atoms with van der Waals surface area (Å²) >= 11 is 0. The predicted molar refractivity (Wildman–Crippen MR) is 60.4 cm³/mol. The number of hydrogen-bond donors (Lipinski definition) is 1. The van der Waals surface area contributed by atoms with Gasteiger partial charge in [0.15, 0.2) is 0 Å². The minimum Gasteiger partial charge on any atom is -0.311 e. The van der Waals surface area contributed by atoms with Crippen LogP contribution in [0.25, 0.3) is 0 Å². The summed E-state index contributed by atoms with van der Waals surface area (Å²) in [6.07, 6.45) is 6.05. The summed E-state index contributed by atoms with van der Waals surface area (Å²) in [4.78, 5) is 2.61. The molecule has 2 aliphatic rings. The maximum absolute atomic E-state index is 3.82. The third-order valence-corrected chi connectivity index (χ3v) is 3.56. The number of hydrogen-bond acceptors (Lipinski definition) is 2. The Bertz CT molecular complexity index is 198. The van der Waals surface area contributed by atoms with Crippen molar-refractivity contribution in [3.63, 3.8) is 0 Å². The summed E-state index contributed by atoms with van der Waals surface area (Å²) in [5.74, 6) is 0.980. The maximum Gasteiger partial charge on any atom is 0.0223 e. The zero-order chi connectivity index (χ0) is 9.97. The van der Waals surface area contributed by atoms with Crippen molar-refractivity contribution in [2.24, 2.45) is 5.92 Å². The van der Waals surface area contributed by atoms with Gasteiger partial charge in [-0.3, -0.25) is 4.90 Å². The van der Waals surface area contributed by atoms with Gasteiger partial charge in [0.1, 0.15) is 0 Å². The van der Waals surface area contributed by atoms with Crippen molar-refractivity contribution in [1.82, 2.24) is 10.2 Å². The van der Waals surface area contributed by atoms with Crippen LogP contribution in [0.3, 0.4) is 0 Å². The lowest BCUT2D eigenvalue weighted by atomic mass is 10.1. The summed E-state index contributed by atoms with van der Waals surface area (Å²) in [5, 5.41) is 3.64. The molecule has 1 aliphatic carbocycles. The molecule has 2 atom stereocenters. The first-order valence-electron chi connectivity index (χ1n) is 5.89. The first-order valence-corrected chi connectivity index (χ1v) is 5.89. The van der Waals surface area contributed by atoms with Crippen LogP contribution in [0, 0.1) is 5.92 Å². The quantitative estimate of drug-likeness (QED) is 0.684. The van der Waals surface area contributed by atoms with Crippen molar-refractivity contribution in [3.05, 3.63) is 12.7 Å². The Morgan fingerprint density at radius 1 is 1.57 bits per heavy atom. The molecule has 2 nitrogen and oxygen atoms in total. The average Bonchev–Trinajstić information content (AvgIpc) is 3.02. The standard InChI is InChI=1S/C12H22N2/c1-3-4-10(2)14-8-7-13-12(9-14)11-5-6-11/h3,10-13H,1,4-9H2,2H3. The second kappa shape index (κ2) is 4.45. The minimum atomic E-state index is 0.677. The second-order valence-electron chi connectivity index (χ2n) is 4.77. The largest absolute Gasteiger partial charge is 0.311 e. The molecule has 1 heterocycles. The molecule has 1 saturated carbocycles. The smallest absolute Gasteiger partial charge is 0.0223 e. The van der Waals surface area contributed by atoms with Crippen LogP contribution in [-0.2, 0) is 0 Å². The van der Waals surface area contributed by atoms with E-state index >= 15 is 0 Å². The maximum atomic E-state index is 3.82. The summed E-state index contributed by atoms with van der Waals surface area (Å²) in [7, 11) is 0. The molecule has 2 heteroatoms. The highest BCUT2D eigenvalue weighted by Crippen LogP contribution is 2.33. The fourth-order valence-electron chi connectivity index (χ4n) is 2.41. The Kier molecular flexibility index (Phi) is 3.24. The van der Waals surface area contributed by atoms with Gasteiger partial charge >= 0.3 is 0 Å². The van der Waals surface area contributed by atoms with Gasteiger partial charge in [0.2, 0.25) is 0 Å². The van der Waals surface area contributed by atoms with E-state index in [9.17, 15) is 0 Å². The highest BCUT2D eigenvalue weighted by Gasteiger charge is 2.34. The van der Waals surface area contributed by atoms with Crippen molar-refractivity contribution in [1.29, 1.82) is 0 Å². The van der Waals surface area contributed by atoms with Gasteiger partial charge in [-0.25, -0.2) is 0 Å². The molecule has 0 bridgehead atoms. The lowest BCUT2D eigenvalue weighted by Crippen LogP contribution is -2.54. The first-order chi connectivity index (χ1) is 6.81. The van der Waals surface area contributed by atoms with Gasteiger partial charge in [-0.05, 0) is 32.1 Å².